The lowest BCUT2D eigenvalue weighted by Crippen LogP contribution is -2.44. The lowest BCUT2D eigenvalue weighted by atomic mass is 10.0. The molecule has 7 heteroatoms. The third-order valence-electron chi connectivity index (χ3n) is 4.72. The molecule has 2 amide bonds. The summed E-state index contributed by atoms with van der Waals surface area (Å²) >= 11 is 0. The standard InChI is InChI=1S/C23H18N2O5/c26-18-11-9-16(10-12-18)15-5-7-17(8-6-15)23(29)30-14-22(28)25-13-21(27)24-19-3-1-2-4-20(19)25/h1-12,26H,13-14H2,(H,24,27). The summed E-state index contributed by atoms with van der Waals surface area (Å²) in [6.07, 6.45) is 0. The Balaban J connectivity index is 1.40. The van der Waals surface area contributed by atoms with Gasteiger partial charge in [-0.3, -0.25) is 14.5 Å². The summed E-state index contributed by atoms with van der Waals surface area (Å²) in [4.78, 5) is 38.0. The predicted octanol–water partition coefficient (Wildman–Crippen LogP) is 3.20. The maximum Gasteiger partial charge on any atom is 0.338 e. The third-order valence-corrected chi connectivity index (χ3v) is 4.72. The van der Waals surface area contributed by atoms with Crippen molar-refractivity contribution in [3.05, 3.63) is 78.4 Å². The van der Waals surface area contributed by atoms with Crippen LogP contribution in [-0.4, -0.2) is 36.0 Å². The summed E-state index contributed by atoms with van der Waals surface area (Å²) in [5, 5.41) is 12.1. The highest BCUT2D eigenvalue weighted by Crippen LogP contribution is 2.29. The summed E-state index contributed by atoms with van der Waals surface area (Å²) in [5.41, 5.74) is 3.18. The Morgan fingerprint density at radius 3 is 2.27 bits per heavy atom. The van der Waals surface area contributed by atoms with Crippen LogP contribution >= 0.6 is 0 Å². The maximum absolute atomic E-state index is 12.6. The number of esters is 1. The minimum atomic E-state index is -0.629. The Bertz CT molecular complexity index is 1110. The highest BCUT2D eigenvalue weighted by Gasteiger charge is 2.27. The second-order valence-corrected chi connectivity index (χ2v) is 6.75. The number of phenols is 1. The molecule has 0 aromatic heterocycles. The van der Waals surface area contributed by atoms with Crippen molar-refractivity contribution in [1.29, 1.82) is 0 Å². The van der Waals surface area contributed by atoms with Crippen molar-refractivity contribution in [1.82, 2.24) is 0 Å². The van der Waals surface area contributed by atoms with E-state index in [1.165, 1.54) is 4.90 Å². The number of aromatic hydroxyl groups is 1. The number of benzene rings is 3. The van der Waals surface area contributed by atoms with Crippen molar-refractivity contribution in [2.75, 3.05) is 23.4 Å². The molecule has 7 nitrogen and oxygen atoms in total. The van der Waals surface area contributed by atoms with Crippen LogP contribution < -0.4 is 10.2 Å². The molecule has 4 rings (SSSR count). The predicted molar refractivity (Wildman–Crippen MR) is 111 cm³/mol. The fraction of sp³-hybridized carbons (Fsp3) is 0.0870. The van der Waals surface area contributed by atoms with Gasteiger partial charge in [-0.2, -0.15) is 0 Å². The summed E-state index contributed by atoms with van der Waals surface area (Å²) in [7, 11) is 0. The Morgan fingerprint density at radius 2 is 1.57 bits per heavy atom. The van der Waals surface area contributed by atoms with Gasteiger partial charge >= 0.3 is 5.97 Å². The van der Waals surface area contributed by atoms with Gasteiger partial charge < -0.3 is 15.2 Å². The van der Waals surface area contributed by atoms with Crippen molar-refractivity contribution in [3.8, 4) is 16.9 Å². The van der Waals surface area contributed by atoms with E-state index in [0.717, 1.165) is 11.1 Å². The Kier molecular flexibility index (Phi) is 5.17. The molecule has 2 N–H and O–H groups in total. The molecule has 3 aromatic rings. The van der Waals surface area contributed by atoms with Crippen LogP contribution in [0.3, 0.4) is 0 Å². The van der Waals surface area contributed by atoms with Crippen LogP contribution in [0.15, 0.2) is 72.8 Å². The van der Waals surface area contributed by atoms with Crippen LogP contribution in [0.2, 0.25) is 0 Å². The molecule has 0 saturated heterocycles. The first-order valence-corrected chi connectivity index (χ1v) is 9.27. The number of amides is 2. The van der Waals surface area contributed by atoms with Crippen LogP contribution in [0.5, 0.6) is 5.75 Å². The highest BCUT2D eigenvalue weighted by atomic mass is 16.5. The molecular formula is C23H18N2O5. The summed E-state index contributed by atoms with van der Waals surface area (Å²) < 4.78 is 5.16. The SMILES string of the molecule is O=C1CN(C(=O)COC(=O)c2ccc(-c3ccc(O)cc3)cc2)c2ccccc2N1. The lowest BCUT2D eigenvalue weighted by molar-refractivity contribution is -0.124. The van der Waals surface area contributed by atoms with Crippen molar-refractivity contribution >= 4 is 29.2 Å². The van der Waals surface area contributed by atoms with E-state index in [0.29, 0.717) is 16.9 Å². The Labute approximate surface area is 172 Å². The number of nitrogens with zero attached hydrogens (tertiary/aromatic N) is 1. The number of fused-ring (bicyclic) bond motifs is 1. The average molecular weight is 402 g/mol. The topological polar surface area (TPSA) is 95.9 Å². The zero-order valence-corrected chi connectivity index (χ0v) is 15.9. The molecule has 0 spiro atoms. The zero-order chi connectivity index (χ0) is 21.1. The van der Waals surface area contributed by atoms with Gasteiger partial charge in [0, 0.05) is 0 Å². The maximum atomic E-state index is 12.6. The molecule has 0 radical (unpaired) electrons. The molecule has 1 aliphatic heterocycles. The fourth-order valence-corrected chi connectivity index (χ4v) is 3.20. The minimum absolute atomic E-state index is 0.130. The Hall–Kier alpha value is -4.13. The van der Waals surface area contributed by atoms with Gasteiger partial charge in [0.05, 0.1) is 16.9 Å². The normalized spacial score (nSPS) is 12.7. The van der Waals surface area contributed by atoms with Gasteiger partial charge in [-0.05, 0) is 47.5 Å². The lowest BCUT2D eigenvalue weighted by Gasteiger charge is -2.28. The van der Waals surface area contributed by atoms with Gasteiger partial charge in [0.1, 0.15) is 12.3 Å². The van der Waals surface area contributed by atoms with Crippen molar-refractivity contribution in [3.63, 3.8) is 0 Å². The molecule has 1 heterocycles. The van der Waals surface area contributed by atoms with Gasteiger partial charge in [0.15, 0.2) is 6.61 Å². The largest absolute Gasteiger partial charge is 0.508 e. The molecule has 30 heavy (non-hydrogen) atoms. The molecule has 1 aliphatic rings. The first-order valence-electron chi connectivity index (χ1n) is 9.27. The molecular weight excluding hydrogens is 384 g/mol. The van der Waals surface area contributed by atoms with Crippen LogP contribution in [0, 0.1) is 0 Å². The van der Waals surface area contributed by atoms with Gasteiger partial charge in [-0.1, -0.05) is 36.4 Å². The number of hydrogen-bond donors (Lipinski definition) is 2. The van der Waals surface area contributed by atoms with E-state index in [1.54, 1.807) is 72.8 Å². The molecule has 0 aliphatic carbocycles. The molecule has 150 valence electrons. The van der Waals surface area contributed by atoms with Gasteiger partial charge in [-0.15, -0.1) is 0 Å². The average Bonchev–Trinajstić information content (AvgIpc) is 2.77. The van der Waals surface area contributed by atoms with E-state index in [1.807, 2.05) is 0 Å². The molecule has 3 aromatic carbocycles. The summed E-state index contributed by atoms with van der Waals surface area (Å²) in [6, 6.07) is 20.4. The number of carbonyl (C=O) groups excluding carboxylic acids is 3. The number of para-hydroxylation sites is 2. The van der Waals surface area contributed by atoms with Gasteiger partial charge in [0.2, 0.25) is 5.91 Å². The van der Waals surface area contributed by atoms with Crippen LogP contribution in [-0.2, 0) is 14.3 Å². The van der Waals surface area contributed by atoms with Crippen LogP contribution in [0.4, 0.5) is 11.4 Å². The summed E-state index contributed by atoms with van der Waals surface area (Å²) in [5.74, 6) is -1.24. The van der Waals surface area contributed by atoms with Crippen molar-refractivity contribution < 1.29 is 24.2 Å². The molecule has 0 saturated carbocycles. The second-order valence-electron chi connectivity index (χ2n) is 6.75. The molecule has 0 fully saturated rings. The second kappa shape index (κ2) is 8.08. The zero-order valence-electron chi connectivity index (χ0n) is 15.9. The smallest absolute Gasteiger partial charge is 0.338 e. The minimum Gasteiger partial charge on any atom is -0.508 e. The van der Waals surface area contributed by atoms with Crippen LogP contribution in [0.1, 0.15) is 10.4 Å². The monoisotopic (exact) mass is 402 g/mol. The van der Waals surface area contributed by atoms with E-state index in [2.05, 4.69) is 5.32 Å². The van der Waals surface area contributed by atoms with E-state index in [9.17, 15) is 19.5 Å². The van der Waals surface area contributed by atoms with Crippen molar-refractivity contribution in [2.24, 2.45) is 0 Å². The first kappa shape index (κ1) is 19.2. The quantitative estimate of drug-likeness (QED) is 0.654. The number of rotatable bonds is 4. The van der Waals surface area contributed by atoms with E-state index in [-0.39, 0.29) is 18.2 Å². The van der Waals surface area contributed by atoms with Gasteiger partial charge in [-0.25, -0.2) is 4.79 Å². The number of anilines is 2. The van der Waals surface area contributed by atoms with Gasteiger partial charge in [0.25, 0.3) is 5.91 Å². The summed E-state index contributed by atoms with van der Waals surface area (Å²) in [6.45, 7) is -0.602. The number of hydrogen-bond acceptors (Lipinski definition) is 5. The molecule has 0 bridgehead atoms. The van der Waals surface area contributed by atoms with Crippen molar-refractivity contribution in [2.45, 2.75) is 0 Å². The number of ether oxygens (including phenoxy) is 1. The first-order chi connectivity index (χ1) is 14.5. The van der Waals surface area contributed by atoms with E-state index >= 15 is 0 Å². The third kappa shape index (κ3) is 4.00. The fourth-order valence-electron chi connectivity index (χ4n) is 3.20. The number of phenolic OH excluding ortho intramolecular Hbond substituents is 1. The highest BCUT2D eigenvalue weighted by molar-refractivity contribution is 6.10. The van der Waals surface area contributed by atoms with Crippen LogP contribution in [0.25, 0.3) is 11.1 Å². The number of nitrogens with one attached hydrogen (secondary N) is 1. The van der Waals surface area contributed by atoms with E-state index < -0.39 is 18.5 Å². The molecule has 0 atom stereocenters. The van der Waals surface area contributed by atoms with E-state index in [4.69, 9.17) is 4.74 Å². The molecule has 0 unspecified atom stereocenters. The Morgan fingerprint density at radius 1 is 0.933 bits per heavy atom. The number of carbonyl (C=O) groups is 3.